The Hall–Kier alpha value is -2.06. The second-order valence-corrected chi connectivity index (χ2v) is 5.90. The van der Waals surface area contributed by atoms with E-state index in [1.54, 1.807) is 0 Å². The van der Waals surface area contributed by atoms with Gasteiger partial charge in [0.2, 0.25) is 0 Å². The Labute approximate surface area is 125 Å². The molecule has 0 amide bonds. The highest BCUT2D eigenvalue weighted by atomic mass is 16.4. The fourth-order valence-corrected chi connectivity index (χ4v) is 3.08. The average molecular weight is 280 g/mol. The maximum Gasteiger partial charge on any atom is 0.138 e. The smallest absolute Gasteiger partial charge is 0.138 e. The summed E-state index contributed by atoms with van der Waals surface area (Å²) >= 11 is 0. The molecule has 108 valence electrons. The van der Waals surface area contributed by atoms with Crippen molar-refractivity contribution in [2.75, 3.05) is 0 Å². The topological polar surface area (TPSA) is 33.4 Å². The molecule has 0 aliphatic heterocycles. The van der Waals surface area contributed by atoms with E-state index < -0.39 is 6.10 Å². The van der Waals surface area contributed by atoms with E-state index in [4.69, 9.17) is 4.42 Å². The van der Waals surface area contributed by atoms with Crippen LogP contribution in [0.15, 0.2) is 40.8 Å². The maximum atomic E-state index is 10.7. The van der Waals surface area contributed by atoms with Crippen LogP contribution in [-0.2, 0) is 0 Å². The molecule has 21 heavy (non-hydrogen) atoms. The van der Waals surface area contributed by atoms with Gasteiger partial charge in [-0.15, -0.1) is 0 Å². The Morgan fingerprint density at radius 2 is 1.52 bits per heavy atom. The lowest BCUT2D eigenvalue weighted by molar-refractivity contribution is 0.191. The van der Waals surface area contributed by atoms with E-state index in [-0.39, 0.29) is 0 Å². The molecule has 0 bridgehead atoms. The monoisotopic (exact) mass is 280 g/mol. The van der Waals surface area contributed by atoms with Crippen molar-refractivity contribution in [3.63, 3.8) is 0 Å². The number of hydrogen-bond donors (Lipinski definition) is 1. The molecule has 0 fully saturated rings. The zero-order valence-electron chi connectivity index (χ0n) is 12.9. The summed E-state index contributed by atoms with van der Waals surface area (Å²) in [4.78, 5) is 0. The normalized spacial score (nSPS) is 12.8. The number of benzene rings is 2. The van der Waals surface area contributed by atoms with Crippen LogP contribution in [0.1, 0.15) is 39.7 Å². The van der Waals surface area contributed by atoms with Gasteiger partial charge in [0.05, 0.1) is 0 Å². The van der Waals surface area contributed by atoms with E-state index in [0.717, 1.165) is 27.7 Å². The lowest BCUT2D eigenvalue weighted by Crippen LogP contribution is -2.04. The Morgan fingerprint density at radius 1 is 0.857 bits per heavy atom. The van der Waals surface area contributed by atoms with Gasteiger partial charge in [0.15, 0.2) is 0 Å². The third-order valence-electron chi connectivity index (χ3n) is 3.97. The molecule has 0 aliphatic carbocycles. The van der Waals surface area contributed by atoms with Crippen molar-refractivity contribution in [1.82, 2.24) is 0 Å². The Bertz CT molecular complexity index is 789. The Morgan fingerprint density at radius 3 is 2.19 bits per heavy atom. The molecule has 1 unspecified atom stereocenters. The van der Waals surface area contributed by atoms with E-state index in [9.17, 15) is 5.11 Å². The van der Waals surface area contributed by atoms with Gasteiger partial charge >= 0.3 is 0 Å². The summed E-state index contributed by atoms with van der Waals surface area (Å²) in [7, 11) is 0. The van der Waals surface area contributed by atoms with Crippen LogP contribution in [0.25, 0.3) is 11.0 Å². The van der Waals surface area contributed by atoms with Gasteiger partial charge in [0.1, 0.15) is 17.4 Å². The maximum absolute atomic E-state index is 10.7. The van der Waals surface area contributed by atoms with Crippen molar-refractivity contribution < 1.29 is 9.52 Å². The van der Waals surface area contributed by atoms with Crippen molar-refractivity contribution in [2.45, 2.75) is 33.8 Å². The quantitative estimate of drug-likeness (QED) is 0.735. The van der Waals surface area contributed by atoms with E-state index >= 15 is 0 Å². The first-order valence-corrected chi connectivity index (χ1v) is 7.21. The van der Waals surface area contributed by atoms with Gasteiger partial charge in [-0.1, -0.05) is 29.3 Å². The van der Waals surface area contributed by atoms with Crippen molar-refractivity contribution in [3.8, 4) is 0 Å². The summed E-state index contributed by atoms with van der Waals surface area (Å²) in [5, 5.41) is 11.8. The number of rotatable bonds is 2. The van der Waals surface area contributed by atoms with Crippen LogP contribution in [0.2, 0.25) is 0 Å². The van der Waals surface area contributed by atoms with Gasteiger partial charge in [-0.05, 0) is 62.6 Å². The van der Waals surface area contributed by atoms with Crippen molar-refractivity contribution >= 4 is 11.0 Å². The third-order valence-corrected chi connectivity index (χ3v) is 3.97. The standard InChI is InChI=1S/C19H20O2/c1-11-5-6-16-15(9-11)10-17(21-16)19(20)18-13(3)7-12(2)8-14(18)4/h5-10,19-20H,1-4H3. The van der Waals surface area contributed by atoms with Crippen molar-refractivity contribution in [1.29, 1.82) is 0 Å². The summed E-state index contributed by atoms with van der Waals surface area (Å²) in [6, 6.07) is 12.2. The molecule has 2 nitrogen and oxygen atoms in total. The highest BCUT2D eigenvalue weighted by Crippen LogP contribution is 2.32. The first kappa shape index (κ1) is 13.9. The Kier molecular flexibility index (Phi) is 3.34. The fourth-order valence-electron chi connectivity index (χ4n) is 3.08. The number of aliphatic hydroxyl groups excluding tert-OH is 1. The predicted molar refractivity (Wildman–Crippen MR) is 85.7 cm³/mol. The predicted octanol–water partition coefficient (Wildman–Crippen LogP) is 4.75. The SMILES string of the molecule is Cc1cc(C)c(C(O)c2cc3cc(C)ccc3o2)c(C)c1. The minimum atomic E-state index is -0.724. The van der Waals surface area contributed by atoms with Crippen LogP contribution >= 0.6 is 0 Å². The zero-order valence-corrected chi connectivity index (χ0v) is 12.9. The first-order chi connectivity index (χ1) is 9.95. The molecule has 1 atom stereocenters. The van der Waals surface area contributed by atoms with Crippen LogP contribution in [0.4, 0.5) is 0 Å². The molecule has 0 saturated carbocycles. The van der Waals surface area contributed by atoms with Gasteiger partial charge < -0.3 is 9.52 Å². The first-order valence-electron chi connectivity index (χ1n) is 7.21. The number of furan rings is 1. The second-order valence-electron chi connectivity index (χ2n) is 5.90. The van der Waals surface area contributed by atoms with Crippen molar-refractivity contribution in [2.24, 2.45) is 0 Å². The fraction of sp³-hybridized carbons (Fsp3) is 0.263. The highest BCUT2D eigenvalue weighted by Gasteiger charge is 2.19. The minimum Gasteiger partial charge on any atom is -0.458 e. The van der Waals surface area contributed by atoms with Crippen molar-refractivity contribution in [3.05, 3.63) is 70.0 Å². The Balaban J connectivity index is 2.10. The lowest BCUT2D eigenvalue weighted by Gasteiger charge is -2.15. The lowest BCUT2D eigenvalue weighted by atomic mass is 9.94. The summed E-state index contributed by atoms with van der Waals surface area (Å²) < 4.78 is 5.83. The van der Waals surface area contributed by atoms with Crippen LogP contribution in [-0.4, -0.2) is 5.11 Å². The number of aliphatic hydroxyl groups is 1. The minimum absolute atomic E-state index is 0.602. The van der Waals surface area contributed by atoms with Crippen LogP contribution in [0, 0.1) is 27.7 Å². The largest absolute Gasteiger partial charge is 0.458 e. The third kappa shape index (κ3) is 2.47. The van der Waals surface area contributed by atoms with Gasteiger partial charge in [-0.2, -0.15) is 0 Å². The van der Waals surface area contributed by atoms with E-state index in [2.05, 4.69) is 32.0 Å². The molecule has 2 heteroatoms. The number of fused-ring (bicyclic) bond motifs is 1. The highest BCUT2D eigenvalue weighted by molar-refractivity contribution is 5.79. The van der Waals surface area contributed by atoms with Crippen LogP contribution < -0.4 is 0 Å². The molecular formula is C19H20O2. The summed E-state index contributed by atoms with van der Waals surface area (Å²) in [5.74, 6) is 0.602. The number of hydrogen-bond acceptors (Lipinski definition) is 2. The van der Waals surface area contributed by atoms with Gasteiger partial charge in [-0.3, -0.25) is 0 Å². The van der Waals surface area contributed by atoms with E-state index in [1.165, 1.54) is 11.1 Å². The molecule has 1 aromatic heterocycles. The molecule has 0 aliphatic rings. The molecule has 1 N–H and O–H groups in total. The summed E-state index contributed by atoms with van der Waals surface area (Å²) in [5.41, 5.74) is 6.34. The molecule has 3 rings (SSSR count). The molecule has 2 aromatic carbocycles. The van der Waals surface area contributed by atoms with Gasteiger partial charge in [0, 0.05) is 5.39 Å². The average Bonchev–Trinajstić information content (AvgIpc) is 2.80. The number of aryl methyl sites for hydroxylation is 4. The van der Waals surface area contributed by atoms with E-state index in [0.29, 0.717) is 5.76 Å². The second kappa shape index (κ2) is 5.05. The summed E-state index contributed by atoms with van der Waals surface area (Å²) in [6.45, 7) is 8.19. The van der Waals surface area contributed by atoms with Crippen LogP contribution in [0.5, 0.6) is 0 Å². The molecule has 1 heterocycles. The molecular weight excluding hydrogens is 260 g/mol. The van der Waals surface area contributed by atoms with Crippen LogP contribution in [0.3, 0.4) is 0 Å². The zero-order chi connectivity index (χ0) is 15.1. The molecule has 0 radical (unpaired) electrons. The van der Waals surface area contributed by atoms with Gasteiger partial charge in [-0.25, -0.2) is 0 Å². The summed E-state index contributed by atoms with van der Waals surface area (Å²) in [6.07, 6.45) is -0.724. The van der Waals surface area contributed by atoms with Gasteiger partial charge in [0.25, 0.3) is 0 Å². The molecule has 3 aromatic rings. The molecule has 0 spiro atoms. The van der Waals surface area contributed by atoms with E-state index in [1.807, 2.05) is 32.0 Å². The molecule has 0 saturated heterocycles.